The smallest absolute Gasteiger partial charge is 0.211 e. The van der Waals surface area contributed by atoms with Gasteiger partial charge < -0.3 is 4.74 Å². The Kier molecular flexibility index (Phi) is 2.00. The molecule has 0 amide bonds. The molecule has 0 aliphatic heterocycles. The summed E-state index contributed by atoms with van der Waals surface area (Å²) in [5, 5.41) is 2.33. The Labute approximate surface area is 93.7 Å². The van der Waals surface area contributed by atoms with Crippen molar-refractivity contribution in [3.8, 4) is 5.75 Å². The van der Waals surface area contributed by atoms with Crippen LogP contribution >= 0.6 is 0 Å². The highest BCUT2D eigenvalue weighted by Gasteiger charge is 2.07. The third-order valence-corrected chi connectivity index (χ3v) is 2.81. The molecule has 0 unspecified atom stereocenters. The van der Waals surface area contributed by atoms with Crippen LogP contribution in [0.5, 0.6) is 5.75 Å². The lowest BCUT2D eigenvalue weighted by Crippen LogP contribution is -2.19. The summed E-state index contributed by atoms with van der Waals surface area (Å²) < 4.78 is 7.47. The number of rotatable bonds is 1. The van der Waals surface area contributed by atoms with E-state index in [2.05, 4.69) is 28.8 Å². The van der Waals surface area contributed by atoms with Crippen molar-refractivity contribution in [1.29, 1.82) is 0 Å². The molecule has 0 aliphatic carbocycles. The topological polar surface area (TPSA) is 13.3 Å². The number of fused-ring (bicyclic) bond motifs is 2. The summed E-state index contributed by atoms with van der Waals surface area (Å²) in [5.74, 6) is 0.913. The van der Waals surface area contributed by atoms with Crippen molar-refractivity contribution in [3.63, 3.8) is 0 Å². The van der Waals surface area contributed by atoms with Gasteiger partial charge in [-0.3, -0.25) is 0 Å². The molecular weight excluding hydrogens is 198 g/mol. The summed E-state index contributed by atoms with van der Waals surface area (Å²) in [6, 6.07) is 14.4. The zero-order chi connectivity index (χ0) is 11.0. The largest absolute Gasteiger partial charge is 0.496 e. The van der Waals surface area contributed by atoms with Crippen LogP contribution in [-0.4, -0.2) is 7.11 Å². The molecule has 0 spiro atoms. The van der Waals surface area contributed by atoms with Gasteiger partial charge in [0, 0.05) is 18.2 Å². The van der Waals surface area contributed by atoms with Gasteiger partial charge in [-0.25, -0.2) is 0 Å². The van der Waals surface area contributed by atoms with E-state index in [1.54, 1.807) is 7.11 Å². The first-order chi connectivity index (χ1) is 7.88. The van der Waals surface area contributed by atoms with Crippen molar-refractivity contribution in [2.75, 3.05) is 7.11 Å². The van der Waals surface area contributed by atoms with Crippen molar-refractivity contribution >= 4 is 16.3 Å². The molecule has 2 nitrogen and oxygen atoms in total. The first-order valence-corrected chi connectivity index (χ1v) is 5.25. The number of aromatic nitrogens is 1. The minimum absolute atomic E-state index is 0.913. The van der Waals surface area contributed by atoms with Gasteiger partial charge in [0.05, 0.1) is 12.5 Å². The third-order valence-electron chi connectivity index (χ3n) is 2.81. The summed E-state index contributed by atoms with van der Waals surface area (Å²) in [6.07, 6.45) is 4.14. The zero-order valence-corrected chi connectivity index (χ0v) is 9.05. The maximum atomic E-state index is 5.36. The molecule has 0 saturated heterocycles. The summed E-state index contributed by atoms with van der Waals surface area (Å²) in [4.78, 5) is 0. The second kappa shape index (κ2) is 3.49. The summed E-state index contributed by atoms with van der Waals surface area (Å²) in [6.45, 7) is 0. The first kappa shape index (κ1) is 9.16. The average molecular weight is 210 g/mol. The summed E-state index contributed by atoms with van der Waals surface area (Å²) in [5.41, 5.74) is 1.18. The molecule has 0 saturated carbocycles. The van der Waals surface area contributed by atoms with E-state index in [1.807, 2.05) is 30.5 Å². The fourth-order valence-corrected chi connectivity index (χ4v) is 2.01. The highest BCUT2D eigenvalue weighted by atomic mass is 16.5. The van der Waals surface area contributed by atoms with E-state index in [1.165, 1.54) is 10.9 Å². The lowest BCUT2D eigenvalue weighted by Gasteiger charge is -2.03. The Hall–Kier alpha value is -2.09. The fraction of sp³-hybridized carbons (Fsp3) is 0.0714. The zero-order valence-electron chi connectivity index (χ0n) is 9.05. The second-order valence-corrected chi connectivity index (χ2v) is 3.77. The molecule has 0 bridgehead atoms. The van der Waals surface area contributed by atoms with Crippen LogP contribution in [0.25, 0.3) is 16.3 Å². The van der Waals surface area contributed by atoms with Crippen LogP contribution in [0, 0.1) is 0 Å². The van der Waals surface area contributed by atoms with Gasteiger partial charge in [-0.2, -0.15) is 4.40 Å². The van der Waals surface area contributed by atoms with Crippen molar-refractivity contribution in [2.45, 2.75) is 0 Å². The minimum atomic E-state index is 0.913. The molecule has 16 heavy (non-hydrogen) atoms. The minimum Gasteiger partial charge on any atom is -0.496 e. The molecular formula is C14H12NO+. The number of hydrogen-bond acceptors (Lipinski definition) is 1. The van der Waals surface area contributed by atoms with E-state index in [9.17, 15) is 0 Å². The van der Waals surface area contributed by atoms with Crippen LogP contribution in [0.2, 0.25) is 0 Å². The van der Waals surface area contributed by atoms with Crippen LogP contribution in [0.3, 0.4) is 0 Å². The number of benzene rings is 1. The van der Waals surface area contributed by atoms with E-state index in [0.29, 0.717) is 0 Å². The Balaban J connectivity index is 2.46. The summed E-state index contributed by atoms with van der Waals surface area (Å²) >= 11 is 0. The highest BCUT2D eigenvalue weighted by molar-refractivity contribution is 5.88. The van der Waals surface area contributed by atoms with Gasteiger partial charge in [0.2, 0.25) is 5.52 Å². The molecule has 3 rings (SSSR count). The van der Waals surface area contributed by atoms with Crippen molar-refractivity contribution < 1.29 is 9.14 Å². The monoisotopic (exact) mass is 210 g/mol. The molecule has 2 heteroatoms. The lowest BCUT2D eigenvalue weighted by atomic mass is 10.1. The average Bonchev–Trinajstić information content (AvgIpc) is 2.35. The van der Waals surface area contributed by atoms with E-state index >= 15 is 0 Å². The quantitative estimate of drug-likeness (QED) is 0.444. The van der Waals surface area contributed by atoms with E-state index in [0.717, 1.165) is 11.1 Å². The molecule has 2 heterocycles. The molecule has 0 N–H and O–H groups in total. The van der Waals surface area contributed by atoms with Gasteiger partial charge in [0.1, 0.15) is 5.75 Å². The molecule has 0 radical (unpaired) electrons. The maximum Gasteiger partial charge on any atom is 0.211 e. The number of pyridine rings is 2. The Bertz CT molecular complexity index is 661. The molecule has 2 aromatic heterocycles. The molecule has 78 valence electrons. The van der Waals surface area contributed by atoms with Crippen LogP contribution < -0.4 is 9.14 Å². The van der Waals surface area contributed by atoms with Gasteiger partial charge in [-0.15, -0.1) is 0 Å². The molecule has 3 aromatic rings. The highest BCUT2D eigenvalue weighted by Crippen LogP contribution is 2.24. The van der Waals surface area contributed by atoms with E-state index in [4.69, 9.17) is 4.74 Å². The molecule has 0 atom stereocenters. The van der Waals surface area contributed by atoms with Crippen LogP contribution in [-0.2, 0) is 0 Å². The molecule has 0 fully saturated rings. The normalized spacial score (nSPS) is 10.8. The van der Waals surface area contributed by atoms with Gasteiger partial charge in [0.15, 0.2) is 12.4 Å². The Morgan fingerprint density at radius 2 is 2.00 bits per heavy atom. The van der Waals surface area contributed by atoms with Gasteiger partial charge in [-0.05, 0) is 17.5 Å². The standard InChI is InChI=1S/C14H12NO/c1-16-14-7-4-5-11-9-12-6-2-3-8-15(12)10-13(11)14/h2-10H,1H3/q+1. The van der Waals surface area contributed by atoms with Gasteiger partial charge in [-0.1, -0.05) is 12.1 Å². The van der Waals surface area contributed by atoms with Crippen LogP contribution in [0.1, 0.15) is 0 Å². The SMILES string of the molecule is COc1cccc2cc3cccc[n+]3cc12. The molecule has 0 aliphatic rings. The number of ether oxygens (including phenoxy) is 1. The Morgan fingerprint density at radius 3 is 2.88 bits per heavy atom. The maximum absolute atomic E-state index is 5.36. The van der Waals surface area contributed by atoms with E-state index in [-0.39, 0.29) is 0 Å². The van der Waals surface area contributed by atoms with Gasteiger partial charge >= 0.3 is 0 Å². The molecule has 1 aromatic carbocycles. The van der Waals surface area contributed by atoms with Crippen LogP contribution in [0.15, 0.2) is 54.9 Å². The van der Waals surface area contributed by atoms with E-state index < -0.39 is 0 Å². The fourth-order valence-electron chi connectivity index (χ4n) is 2.01. The first-order valence-electron chi connectivity index (χ1n) is 5.25. The second-order valence-electron chi connectivity index (χ2n) is 3.77. The van der Waals surface area contributed by atoms with Gasteiger partial charge in [0.25, 0.3) is 0 Å². The predicted molar refractivity (Wildman–Crippen MR) is 63.7 cm³/mol. The lowest BCUT2D eigenvalue weighted by molar-refractivity contribution is -0.510. The van der Waals surface area contributed by atoms with Crippen LogP contribution in [0.4, 0.5) is 0 Å². The Morgan fingerprint density at radius 1 is 1.06 bits per heavy atom. The van der Waals surface area contributed by atoms with Crippen molar-refractivity contribution in [3.05, 3.63) is 54.9 Å². The number of nitrogens with zero attached hydrogens (tertiary/aromatic N) is 1. The number of hydrogen-bond donors (Lipinski definition) is 0. The van der Waals surface area contributed by atoms with Crippen molar-refractivity contribution in [1.82, 2.24) is 0 Å². The number of methoxy groups -OCH3 is 1. The third kappa shape index (κ3) is 1.31. The van der Waals surface area contributed by atoms with Crippen molar-refractivity contribution in [2.24, 2.45) is 0 Å². The summed E-state index contributed by atoms with van der Waals surface area (Å²) in [7, 11) is 1.70. The predicted octanol–water partition coefficient (Wildman–Crippen LogP) is 2.59.